The molecule has 1 unspecified atom stereocenters. The maximum absolute atomic E-state index is 3.71. The molecule has 0 spiro atoms. The molecule has 0 radical (unpaired) electrons. The van der Waals surface area contributed by atoms with Gasteiger partial charge in [0.2, 0.25) is 0 Å². The molecule has 0 aliphatic carbocycles. The average molecular weight is 308 g/mol. The van der Waals surface area contributed by atoms with E-state index in [1.165, 1.54) is 36.3 Å². The van der Waals surface area contributed by atoms with Gasteiger partial charge in [0, 0.05) is 12.0 Å². The van der Waals surface area contributed by atoms with Crippen molar-refractivity contribution in [1.82, 2.24) is 5.32 Å². The van der Waals surface area contributed by atoms with Gasteiger partial charge < -0.3 is 5.32 Å². The first kappa shape index (κ1) is 18.6. The maximum atomic E-state index is 3.71. The summed E-state index contributed by atoms with van der Waals surface area (Å²) in [5.74, 6) is 3.23. The molecule has 1 atom stereocenters. The highest BCUT2D eigenvalue weighted by Crippen LogP contribution is 2.33. The predicted molar refractivity (Wildman–Crippen MR) is 98.4 cm³/mol. The minimum atomic E-state index is 0.296. The minimum absolute atomic E-state index is 0.296. The lowest BCUT2D eigenvalue weighted by molar-refractivity contribution is 0.344. The number of benzene rings is 1. The third kappa shape index (κ3) is 6.44. The van der Waals surface area contributed by atoms with Crippen molar-refractivity contribution in [2.24, 2.45) is 5.92 Å². The Bertz CT molecular complexity index is 363. The van der Waals surface area contributed by atoms with Gasteiger partial charge in [-0.15, -0.1) is 0 Å². The standard InChI is InChI=1S/C19H33NS/c1-5-19(13-10-14-21-6-2,16-20-15-17(3)4)18-11-8-7-9-12-18/h7-9,11-12,17,20H,5-6,10,13-16H2,1-4H3. The SMILES string of the molecule is CCSCCCC(CC)(CNCC(C)C)c1ccccc1. The third-order valence-electron chi connectivity index (χ3n) is 4.23. The first-order valence-corrected chi connectivity index (χ1v) is 9.64. The van der Waals surface area contributed by atoms with E-state index in [0.29, 0.717) is 11.3 Å². The highest BCUT2D eigenvalue weighted by Gasteiger charge is 2.29. The van der Waals surface area contributed by atoms with Crippen LogP contribution < -0.4 is 5.32 Å². The summed E-state index contributed by atoms with van der Waals surface area (Å²) in [6.07, 6.45) is 3.80. The van der Waals surface area contributed by atoms with Crippen molar-refractivity contribution >= 4 is 11.8 Å². The van der Waals surface area contributed by atoms with Gasteiger partial charge in [-0.1, -0.05) is 58.0 Å². The first-order valence-electron chi connectivity index (χ1n) is 8.48. The smallest absolute Gasteiger partial charge is 0.00754 e. The monoisotopic (exact) mass is 307 g/mol. The van der Waals surface area contributed by atoms with Crippen LogP contribution in [0.5, 0.6) is 0 Å². The van der Waals surface area contributed by atoms with Gasteiger partial charge in [-0.05, 0) is 48.8 Å². The van der Waals surface area contributed by atoms with Crippen LogP contribution in [0.15, 0.2) is 30.3 Å². The van der Waals surface area contributed by atoms with E-state index in [2.05, 4.69) is 75.1 Å². The lowest BCUT2D eigenvalue weighted by Gasteiger charge is -2.34. The fraction of sp³-hybridized carbons (Fsp3) is 0.684. The zero-order valence-corrected chi connectivity index (χ0v) is 15.1. The molecule has 1 N–H and O–H groups in total. The molecule has 1 rings (SSSR count). The Morgan fingerprint density at radius 2 is 1.86 bits per heavy atom. The summed E-state index contributed by atoms with van der Waals surface area (Å²) >= 11 is 2.06. The lowest BCUT2D eigenvalue weighted by Crippen LogP contribution is -2.39. The number of rotatable bonds is 11. The van der Waals surface area contributed by atoms with E-state index >= 15 is 0 Å². The second kappa shape index (κ2) is 10.3. The molecule has 0 saturated heterocycles. The fourth-order valence-corrected chi connectivity index (χ4v) is 3.53. The number of hydrogen-bond acceptors (Lipinski definition) is 2. The summed E-state index contributed by atoms with van der Waals surface area (Å²) in [4.78, 5) is 0. The van der Waals surface area contributed by atoms with Gasteiger partial charge in [0.05, 0.1) is 0 Å². The Morgan fingerprint density at radius 1 is 1.14 bits per heavy atom. The normalized spacial score (nSPS) is 14.3. The van der Waals surface area contributed by atoms with Crippen LogP contribution in [0, 0.1) is 5.92 Å². The van der Waals surface area contributed by atoms with E-state index in [0.717, 1.165) is 13.1 Å². The van der Waals surface area contributed by atoms with Crippen LogP contribution in [-0.2, 0) is 5.41 Å². The zero-order valence-electron chi connectivity index (χ0n) is 14.3. The van der Waals surface area contributed by atoms with Gasteiger partial charge in [0.1, 0.15) is 0 Å². The van der Waals surface area contributed by atoms with E-state index in [4.69, 9.17) is 0 Å². The van der Waals surface area contributed by atoms with E-state index < -0.39 is 0 Å². The van der Waals surface area contributed by atoms with Gasteiger partial charge in [-0.25, -0.2) is 0 Å². The zero-order chi connectivity index (χ0) is 15.6. The summed E-state index contributed by atoms with van der Waals surface area (Å²) in [7, 11) is 0. The highest BCUT2D eigenvalue weighted by molar-refractivity contribution is 7.99. The van der Waals surface area contributed by atoms with Gasteiger partial charge in [0.15, 0.2) is 0 Å². The Morgan fingerprint density at radius 3 is 2.43 bits per heavy atom. The minimum Gasteiger partial charge on any atom is -0.316 e. The molecule has 1 aromatic carbocycles. The Hall–Kier alpha value is -0.470. The molecule has 0 heterocycles. The summed E-state index contributed by atoms with van der Waals surface area (Å²) < 4.78 is 0. The molecule has 1 nitrogen and oxygen atoms in total. The highest BCUT2D eigenvalue weighted by atomic mass is 32.2. The van der Waals surface area contributed by atoms with Gasteiger partial charge in [-0.2, -0.15) is 11.8 Å². The quantitative estimate of drug-likeness (QED) is 0.570. The van der Waals surface area contributed by atoms with Crippen molar-refractivity contribution < 1.29 is 0 Å². The van der Waals surface area contributed by atoms with Crippen molar-refractivity contribution in [3.05, 3.63) is 35.9 Å². The Balaban J connectivity index is 2.74. The van der Waals surface area contributed by atoms with Crippen molar-refractivity contribution in [2.45, 2.75) is 52.4 Å². The Labute approximate surface area is 136 Å². The van der Waals surface area contributed by atoms with Crippen molar-refractivity contribution in [1.29, 1.82) is 0 Å². The fourth-order valence-electron chi connectivity index (χ4n) is 2.89. The van der Waals surface area contributed by atoms with Crippen molar-refractivity contribution in [3.8, 4) is 0 Å². The van der Waals surface area contributed by atoms with Crippen LogP contribution in [0.1, 0.15) is 52.5 Å². The van der Waals surface area contributed by atoms with Crippen LogP contribution in [0.2, 0.25) is 0 Å². The summed E-state index contributed by atoms with van der Waals surface area (Å²) in [6, 6.07) is 11.1. The van der Waals surface area contributed by atoms with Crippen LogP contribution in [0.25, 0.3) is 0 Å². The predicted octanol–water partition coefficient (Wildman–Crippen LogP) is 5.11. The third-order valence-corrected chi connectivity index (χ3v) is 5.21. The Kier molecular flexibility index (Phi) is 9.10. The molecule has 0 amide bonds. The second-order valence-corrected chi connectivity index (χ2v) is 7.72. The average Bonchev–Trinajstić information content (AvgIpc) is 2.50. The molecule has 0 bridgehead atoms. The molecule has 0 saturated carbocycles. The van der Waals surface area contributed by atoms with Crippen LogP contribution in [0.4, 0.5) is 0 Å². The largest absolute Gasteiger partial charge is 0.316 e. The molecule has 0 aromatic heterocycles. The molecule has 0 fully saturated rings. The van der Waals surface area contributed by atoms with E-state index in [-0.39, 0.29) is 0 Å². The summed E-state index contributed by atoms with van der Waals surface area (Å²) in [5, 5.41) is 3.71. The van der Waals surface area contributed by atoms with Gasteiger partial charge in [0.25, 0.3) is 0 Å². The molecule has 0 aliphatic rings. The maximum Gasteiger partial charge on any atom is 0.00754 e. The van der Waals surface area contributed by atoms with Crippen LogP contribution in [0.3, 0.4) is 0 Å². The molecular weight excluding hydrogens is 274 g/mol. The van der Waals surface area contributed by atoms with Crippen LogP contribution >= 0.6 is 11.8 Å². The van der Waals surface area contributed by atoms with Gasteiger partial charge in [-0.3, -0.25) is 0 Å². The van der Waals surface area contributed by atoms with Crippen molar-refractivity contribution in [3.63, 3.8) is 0 Å². The number of nitrogens with one attached hydrogen (secondary N) is 1. The number of hydrogen-bond donors (Lipinski definition) is 1. The molecule has 0 aliphatic heterocycles. The second-order valence-electron chi connectivity index (χ2n) is 6.33. The molecule has 2 heteroatoms. The van der Waals surface area contributed by atoms with E-state index in [9.17, 15) is 0 Å². The number of thioether (sulfide) groups is 1. The van der Waals surface area contributed by atoms with Crippen LogP contribution in [-0.4, -0.2) is 24.6 Å². The first-order chi connectivity index (χ1) is 10.1. The van der Waals surface area contributed by atoms with E-state index in [1.807, 2.05) is 0 Å². The molecule has 120 valence electrons. The molecule has 1 aromatic rings. The summed E-state index contributed by atoms with van der Waals surface area (Å²) in [6.45, 7) is 11.4. The molecular formula is C19H33NS. The summed E-state index contributed by atoms with van der Waals surface area (Å²) in [5.41, 5.74) is 1.80. The van der Waals surface area contributed by atoms with Crippen molar-refractivity contribution in [2.75, 3.05) is 24.6 Å². The topological polar surface area (TPSA) is 12.0 Å². The molecule has 21 heavy (non-hydrogen) atoms. The lowest BCUT2D eigenvalue weighted by atomic mass is 9.74. The van der Waals surface area contributed by atoms with E-state index in [1.54, 1.807) is 0 Å². The van der Waals surface area contributed by atoms with Gasteiger partial charge >= 0.3 is 0 Å².